The van der Waals surface area contributed by atoms with Crippen LogP contribution < -0.4 is 10.6 Å². The number of aryl methyl sites for hydroxylation is 1. The number of amides is 2. The van der Waals surface area contributed by atoms with E-state index in [4.69, 9.17) is 4.74 Å². The zero-order valence-corrected chi connectivity index (χ0v) is 16.0. The standard InChI is InChI=1S/C21H24N2O4/c1-5-14-10-6-8-12-16(14)22-19(25)21(2,3)20(26)23-17-13-9-7-11-15(17)18(24)27-4/h6-13H,5H2,1-4H3,(H,22,25)(H,23,26). The number of hydrogen-bond acceptors (Lipinski definition) is 4. The molecule has 6 heteroatoms. The van der Waals surface area contributed by atoms with E-state index in [0.717, 1.165) is 12.0 Å². The third-order valence-electron chi connectivity index (χ3n) is 4.36. The number of hydrogen-bond donors (Lipinski definition) is 2. The Balaban J connectivity index is 2.20. The lowest BCUT2D eigenvalue weighted by atomic mass is 9.90. The lowest BCUT2D eigenvalue weighted by Gasteiger charge is -2.24. The molecule has 0 atom stereocenters. The van der Waals surface area contributed by atoms with Gasteiger partial charge in [0.25, 0.3) is 0 Å². The van der Waals surface area contributed by atoms with Gasteiger partial charge in [0.15, 0.2) is 0 Å². The summed E-state index contributed by atoms with van der Waals surface area (Å²) in [6.07, 6.45) is 0.760. The van der Waals surface area contributed by atoms with Crippen molar-refractivity contribution in [1.29, 1.82) is 0 Å². The average molecular weight is 368 g/mol. The minimum absolute atomic E-state index is 0.223. The molecule has 0 heterocycles. The number of carbonyl (C=O) groups is 3. The number of methoxy groups -OCH3 is 1. The van der Waals surface area contributed by atoms with Crippen LogP contribution in [0.25, 0.3) is 0 Å². The summed E-state index contributed by atoms with van der Waals surface area (Å²) in [7, 11) is 1.27. The Morgan fingerprint density at radius 1 is 0.889 bits per heavy atom. The van der Waals surface area contributed by atoms with Gasteiger partial charge in [0.2, 0.25) is 11.8 Å². The number of rotatable bonds is 6. The Kier molecular flexibility index (Phi) is 6.34. The minimum Gasteiger partial charge on any atom is -0.465 e. The van der Waals surface area contributed by atoms with Crippen LogP contribution >= 0.6 is 0 Å². The van der Waals surface area contributed by atoms with Crippen LogP contribution in [0.4, 0.5) is 11.4 Å². The van der Waals surface area contributed by atoms with Crippen molar-refractivity contribution in [2.24, 2.45) is 5.41 Å². The molecule has 0 bridgehead atoms. The second-order valence-electron chi connectivity index (χ2n) is 6.58. The van der Waals surface area contributed by atoms with Gasteiger partial charge >= 0.3 is 5.97 Å². The quantitative estimate of drug-likeness (QED) is 0.602. The molecule has 2 amide bonds. The predicted molar refractivity (Wildman–Crippen MR) is 105 cm³/mol. The third kappa shape index (κ3) is 4.53. The number of para-hydroxylation sites is 2. The summed E-state index contributed by atoms with van der Waals surface area (Å²) in [5.74, 6) is -1.52. The molecule has 0 saturated carbocycles. The van der Waals surface area contributed by atoms with Crippen LogP contribution in [0.2, 0.25) is 0 Å². The van der Waals surface area contributed by atoms with E-state index in [0.29, 0.717) is 11.4 Å². The Labute approximate surface area is 158 Å². The van der Waals surface area contributed by atoms with E-state index in [1.165, 1.54) is 21.0 Å². The molecule has 0 saturated heterocycles. The first-order valence-electron chi connectivity index (χ1n) is 8.69. The van der Waals surface area contributed by atoms with Crippen LogP contribution in [0.15, 0.2) is 48.5 Å². The first-order valence-corrected chi connectivity index (χ1v) is 8.69. The topological polar surface area (TPSA) is 84.5 Å². The van der Waals surface area contributed by atoms with E-state index in [-0.39, 0.29) is 5.56 Å². The SMILES string of the molecule is CCc1ccccc1NC(=O)C(C)(C)C(=O)Nc1ccccc1C(=O)OC. The number of carbonyl (C=O) groups excluding carboxylic acids is 3. The lowest BCUT2D eigenvalue weighted by molar-refractivity contribution is -0.135. The molecule has 0 aliphatic rings. The van der Waals surface area contributed by atoms with Crippen LogP contribution in [0.5, 0.6) is 0 Å². The van der Waals surface area contributed by atoms with Crippen molar-refractivity contribution in [3.63, 3.8) is 0 Å². The maximum Gasteiger partial charge on any atom is 0.339 e. The molecule has 0 aliphatic heterocycles. The summed E-state index contributed by atoms with van der Waals surface area (Å²) < 4.78 is 4.73. The molecule has 0 aliphatic carbocycles. The minimum atomic E-state index is -1.36. The van der Waals surface area contributed by atoms with Gasteiger partial charge in [0.1, 0.15) is 5.41 Å². The van der Waals surface area contributed by atoms with E-state index in [1.807, 2.05) is 25.1 Å². The number of benzene rings is 2. The van der Waals surface area contributed by atoms with Crippen molar-refractivity contribution < 1.29 is 19.1 Å². The smallest absolute Gasteiger partial charge is 0.339 e. The molecule has 0 fully saturated rings. The van der Waals surface area contributed by atoms with Gasteiger partial charge in [-0.25, -0.2) is 4.79 Å². The molecule has 2 aromatic carbocycles. The number of esters is 1. The van der Waals surface area contributed by atoms with Gasteiger partial charge in [0, 0.05) is 5.69 Å². The molecule has 27 heavy (non-hydrogen) atoms. The summed E-state index contributed by atoms with van der Waals surface area (Å²) in [5.41, 5.74) is 0.827. The Bertz CT molecular complexity index is 859. The first-order chi connectivity index (χ1) is 12.8. The lowest BCUT2D eigenvalue weighted by Crippen LogP contribution is -2.42. The highest BCUT2D eigenvalue weighted by Crippen LogP contribution is 2.25. The molecule has 142 valence electrons. The number of ether oxygens (including phenoxy) is 1. The summed E-state index contributed by atoms with van der Waals surface area (Å²) in [6.45, 7) is 5.06. The molecule has 0 unspecified atom stereocenters. The summed E-state index contributed by atoms with van der Waals surface area (Å²) in [6, 6.07) is 13.9. The van der Waals surface area contributed by atoms with Gasteiger partial charge in [0.05, 0.1) is 18.4 Å². The van der Waals surface area contributed by atoms with Crippen molar-refractivity contribution in [1.82, 2.24) is 0 Å². The molecule has 0 aromatic heterocycles. The molecule has 0 spiro atoms. The fourth-order valence-electron chi connectivity index (χ4n) is 2.49. The zero-order chi connectivity index (χ0) is 20.0. The second-order valence-corrected chi connectivity index (χ2v) is 6.58. The monoisotopic (exact) mass is 368 g/mol. The zero-order valence-electron chi connectivity index (χ0n) is 16.0. The Morgan fingerprint density at radius 3 is 2.00 bits per heavy atom. The first kappa shape index (κ1) is 20.2. The van der Waals surface area contributed by atoms with Gasteiger partial charge in [-0.05, 0) is 44.0 Å². The fourth-order valence-corrected chi connectivity index (χ4v) is 2.49. The normalized spacial score (nSPS) is 10.8. The molecular formula is C21H24N2O4. The van der Waals surface area contributed by atoms with Gasteiger partial charge in [-0.1, -0.05) is 37.3 Å². The highest BCUT2D eigenvalue weighted by molar-refractivity contribution is 6.15. The van der Waals surface area contributed by atoms with Crippen LogP contribution in [-0.2, 0) is 20.7 Å². The summed E-state index contributed by atoms with van der Waals surface area (Å²) in [5, 5.41) is 5.49. The molecular weight excluding hydrogens is 344 g/mol. The molecule has 2 aromatic rings. The fraction of sp³-hybridized carbons (Fsp3) is 0.286. The maximum atomic E-state index is 12.8. The summed E-state index contributed by atoms with van der Waals surface area (Å²) >= 11 is 0. The van der Waals surface area contributed by atoms with Gasteiger partial charge in [-0.2, -0.15) is 0 Å². The largest absolute Gasteiger partial charge is 0.465 e. The molecule has 6 nitrogen and oxygen atoms in total. The number of nitrogens with one attached hydrogen (secondary N) is 2. The van der Waals surface area contributed by atoms with Crippen LogP contribution in [0, 0.1) is 5.41 Å². The van der Waals surface area contributed by atoms with Crippen molar-refractivity contribution in [3.05, 3.63) is 59.7 Å². The third-order valence-corrected chi connectivity index (χ3v) is 4.36. The van der Waals surface area contributed by atoms with Crippen molar-refractivity contribution in [3.8, 4) is 0 Å². The van der Waals surface area contributed by atoms with Gasteiger partial charge in [-0.15, -0.1) is 0 Å². The Morgan fingerprint density at radius 2 is 1.41 bits per heavy atom. The van der Waals surface area contributed by atoms with Crippen molar-refractivity contribution in [2.75, 3.05) is 17.7 Å². The highest BCUT2D eigenvalue weighted by atomic mass is 16.5. The molecule has 0 radical (unpaired) electrons. The maximum absolute atomic E-state index is 12.8. The number of anilines is 2. The predicted octanol–water partition coefficient (Wildman–Crippen LogP) is 3.64. The molecule has 2 rings (SSSR count). The average Bonchev–Trinajstić information content (AvgIpc) is 2.68. The van der Waals surface area contributed by atoms with Crippen molar-refractivity contribution >= 4 is 29.2 Å². The van der Waals surface area contributed by atoms with E-state index in [2.05, 4.69) is 10.6 Å². The van der Waals surface area contributed by atoms with Crippen LogP contribution in [0.1, 0.15) is 36.7 Å². The highest BCUT2D eigenvalue weighted by Gasteiger charge is 2.37. The van der Waals surface area contributed by atoms with Gasteiger partial charge in [-0.3, -0.25) is 9.59 Å². The van der Waals surface area contributed by atoms with Crippen LogP contribution in [0.3, 0.4) is 0 Å². The Hall–Kier alpha value is -3.15. The van der Waals surface area contributed by atoms with Gasteiger partial charge < -0.3 is 15.4 Å². The van der Waals surface area contributed by atoms with Crippen LogP contribution in [-0.4, -0.2) is 24.9 Å². The van der Waals surface area contributed by atoms with Crippen molar-refractivity contribution in [2.45, 2.75) is 27.2 Å². The van der Waals surface area contributed by atoms with E-state index >= 15 is 0 Å². The molecule has 2 N–H and O–H groups in total. The summed E-state index contributed by atoms with van der Waals surface area (Å²) in [4.78, 5) is 37.4. The van der Waals surface area contributed by atoms with E-state index in [1.54, 1.807) is 30.3 Å². The van der Waals surface area contributed by atoms with E-state index in [9.17, 15) is 14.4 Å². The van der Waals surface area contributed by atoms with E-state index < -0.39 is 23.2 Å². The second kappa shape index (κ2) is 8.49.